The molecular formula is C28H30BrN3O2. The summed E-state index contributed by atoms with van der Waals surface area (Å²) < 4.78 is 8.63. The van der Waals surface area contributed by atoms with Gasteiger partial charge in [0, 0.05) is 6.42 Å². The van der Waals surface area contributed by atoms with Crippen molar-refractivity contribution in [1.82, 2.24) is 14.5 Å². The van der Waals surface area contributed by atoms with E-state index in [9.17, 15) is 4.79 Å². The fourth-order valence-electron chi connectivity index (χ4n) is 3.94. The Balaban J connectivity index is 1.64. The highest BCUT2D eigenvalue weighted by molar-refractivity contribution is 9.10. The van der Waals surface area contributed by atoms with Crippen molar-refractivity contribution in [1.29, 1.82) is 0 Å². The second-order valence-corrected chi connectivity index (χ2v) is 10.3. The highest BCUT2D eigenvalue weighted by Crippen LogP contribution is 2.27. The number of unbranched alkanes of at least 4 members (excludes halogenated alkanes) is 1. The molecule has 0 saturated carbocycles. The van der Waals surface area contributed by atoms with Crippen LogP contribution in [0, 0.1) is 0 Å². The molecule has 34 heavy (non-hydrogen) atoms. The summed E-state index contributed by atoms with van der Waals surface area (Å²) in [6.45, 7) is 8.52. The minimum absolute atomic E-state index is 0.311. The molecule has 0 bridgehead atoms. The lowest BCUT2D eigenvalue weighted by Gasteiger charge is -2.20. The second kappa shape index (κ2) is 10.1. The van der Waals surface area contributed by atoms with Crippen LogP contribution < -0.4 is 0 Å². The molecular weight excluding hydrogens is 490 g/mol. The van der Waals surface area contributed by atoms with Crippen LogP contribution in [0.5, 0.6) is 0 Å². The third-order valence-electron chi connectivity index (χ3n) is 5.54. The van der Waals surface area contributed by atoms with Gasteiger partial charge >= 0.3 is 5.97 Å². The SMILES string of the molecule is CCCCc1nc2ccc(Br)nc2n1Cc1ccc(-c2ccccc2C(=O)OC(C)(C)C)cc1. The number of nitrogens with zero attached hydrogens (tertiary/aromatic N) is 3. The summed E-state index contributed by atoms with van der Waals surface area (Å²) in [6, 6.07) is 19.9. The Morgan fingerprint density at radius 3 is 2.44 bits per heavy atom. The van der Waals surface area contributed by atoms with E-state index in [4.69, 9.17) is 14.7 Å². The molecule has 0 spiro atoms. The van der Waals surface area contributed by atoms with E-state index in [1.54, 1.807) is 0 Å². The Morgan fingerprint density at radius 1 is 1.00 bits per heavy atom. The lowest BCUT2D eigenvalue weighted by molar-refractivity contribution is 0.00704. The van der Waals surface area contributed by atoms with E-state index < -0.39 is 5.60 Å². The molecule has 0 saturated heterocycles. The number of esters is 1. The van der Waals surface area contributed by atoms with Crippen LogP contribution in [0.4, 0.5) is 0 Å². The third-order valence-corrected chi connectivity index (χ3v) is 5.98. The molecule has 0 aliphatic carbocycles. The van der Waals surface area contributed by atoms with E-state index >= 15 is 0 Å². The van der Waals surface area contributed by atoms with Gasteiger partial charge in [0.15, 0.2) is 5.65 Å². The van der Waals surface area contributed by atoms with Crippen molar-refractivity contribution in [3.05, 3.63) is 82.2 Å². The number of imidazole rings is 1. The summed E-state index contributed by atoms with van der Waals surface area (Å²) in [6.07, 6.45) is 3.13. The van der Waals surface area contributed by atoms with Crippen LogP contribution in [0.25, 0.3) is 22.3 Å². The fraction of sp³-hybridized carbons (Fsp3) is 0.321. The number of hydrogen-bond acceptors (Lipinski definition) is 4. The first-order chi connectivity index (χ1) is 16.2. The molecule has 176 valence electrons. The van der Waals surface area contributed by atoms with Gasteiger partial charge in [-0.05, 0) is 78.0 Å². The molecule has 2 aromatic carbocycles. The van der Waals surface area contributed by atoms with Gasteiger partial charge in [0.25, 0.3) is 0 Å². The van der Waals surface area contributed by atoms with Gasteiger partial charge < -0.3 is 9.30 Å². The predicted octanol–water partition coefficient (Wildman–Crippen LogP) is 7.21. The summed E-state index contributed by atoms with van der Waals surface area (Å²) in [4.78, 5) is 22.3. The topological polar surface area (TPSA) is 57.0 Å². The zero-order valence-corrected chi connectivity index (χ0v) is 21.7. The summed E-state index contributed by atoms with van der Waals surface area (Å²) in [5, 5.41) is 0. The summed E-state index contributed by atoms with van der Waals surface area (Å²) in [5.74, 6) is 0.746. The first-order valence-corrected chi connectivity index (χ1v) is 12.5. The number of benzene rings is 2. The third kappa shape index (κ3) is 5.55. The number of pyridine rings is 1. The standard InChI is InChI=1S/C28H30BrN3O2/c1-5-6-11-25-30-23-16-17-24(29)31-26(23)32(25)18-19-12-14-20(15-13-19)21-9-7-8-10-22(21)27(33)34-28(2,3)4/h7-10,12-17H,5-6,11,18H2,1-4H3. The highest BCUT2D eigenvalue weighted by Gasteiger charge is 2.20. The lowest BCUT2D eigenvalue weighted by atomic mass is 9.98. The van der Waals surface area contributed by atoms with Gasteiger partial charge in [0.05, 0.1) is 12.1 Å². The molecule has 0 unspecified atom stereocenters. The predicted molar refractivity (Wildman–Crippen MR) is 140 cm³/mol. The average Bonchev–Trinajstić information content (AvgIpc) is 3.13. The summed E-state index contributed by atoms with van der Waals surface area (Å²) >= 11 is 3.50. The molecule has 4 aromatic rings. The fourth-order valence-corrected chi connectivity index (χ4v) is 4.24. The number of aromatic nitrogens is 3. The first kappa shape index (κ1) is 24.1. The van der Waals surface area contributed by atoms with Crippen molar-refractivity contribution in [3.8, 4) is 11.1 Å². The Kier molecular flexibility index (Phi) is 7.17. The maximum atomic E-state index is 12.8. The Hall–Kier alpha value is -2.99. The molecule has 4 rings (SSSR count). The number of carbonyl (C=O) groups is 1. The van der Waals surface area contributed by atoms with Crippen molar-refractivity contribution in [2.24, 2.45) is 0 Å². The monoisotopic (exact) mass is 519 g/mol. The molecule has 0 atom stereocenters. The Bertz CT molecular complexity index is 1300. The largest absolute Gasteiger partial charge is 0.456 e. The molecule has 2 heterocycles. The average molecular weight is 520 g/mol. The Morgan fingerprint density at radius 2 is 1.74 bits per heavy atom. The van der Waals surface area contributed by atoms with Crippen LogP contribution in [-0.4, -0.2) is 26.1 Å². The van der Waals surface area contributed by atoms with Crippen molar-refractivity contribution in [3.63, 3.8) is 0 Å². The van der Waals surface area contributed by atoms with E-state index in [1.165, 1.54) is 0 Å². The molecule has 0 N–H and O–H groups in total. The van der Waals surface area contributed by atoms with E-state index in [0.717, 1.165) is 57.5 Å². The van der Waals surface area contributed by atoms with Crippen LogP contribution in [0.3, 0.4) is 0 Å². The van der Waals surface area contributed by atoms with Gasteiger partial charge in [0.1, 0.15) is 21.5 Å². The zero-order valence-electron chi connectivity index (χ0n) is 20.1. The minimum Gasteiger partial charge on any atom is -0.456 e. The van der Waals surface area contributed by atoms with E-state index in [-0.39, 0.29) is 5.97 Å². The number of fused-ring (bicyclic) bond motifs is 1. The van der Waals surface area contributed by atoms with Crippen LogP contribution in [0.15, 0.2) is 65.3 Å². The molecule has 0 aliphatic rings. The van der Waals surface area contributed by atoms with Crippen molar-refractivity contribution in [2.45, 2.75) is 59.1 Å². The zero-order chi connectivity index (χ0) is 24.3. The van der Waals surface area contributed by atoms with Gasteiger partial charge in [-0.3, -0.25) is 0 Å². The molecule has 5 nitrogen and oxygen atoms in total. The van der Waals surface area contributed by atoms with Crippen molar-refractivity contribution >= 4 is 33.1 Å². The number of rotatable bonds is 7. The van der Waals surface area contributed by atoms with Gasteiger partial charge in [-0.25, -0.2) is 14.8 Å². The maximum Gasteiger partial charge on any atom is 0.339 e. The van der Waals surface area contributed by atoms with E-state index in [0.29, 0.717) is 12.1 Å². The maximum absolute atomic E-state index is 12.8. The Labute approximate surface area is 209 Å². The number of ether oxygens (including phenoxy) is 1. The van der Waals surface area contributed by atoms with E-state index in [2.05, 4.69) is 51.7 Å². The summed E-state index contributed by atoms with van der Waals surface area (Å²) in [5.41, 5.74) is 4.83. The number of carbonyl (C=O) groups excluding carboxylic acids is 1. The van der Waals surface area contributed by atoms with Crippen molar-refractivity contribution < 1.29 is 9.53 Å². The van der Waals surface area contributed by atoms with E-state index in [1.807, 2.05) is 57.2 Å². The molecule has 0 fully saturated rings. The smallest absolute Gasteiger partial charge is 0.339 e. The number of aryl methyl sites for hydroxylation is 1. The van der Waals surface area contributed by atoms with Crippen LogP contribution in [-0.2, 0) is 17.7 Å². The van der Waals surface area contributed by atoms with Gasteiger partial charge in [-0.1, -0.05) is 55.8 Å². The molecule has 6 heteroatoms. The molecule has 0 amide bonds. The molecule has 0 aliphatic heterocycles. The normalized spacial score (nSPS) is 11.7. The van der Waals surface area contributed by atoms with Crippen molar-refractivity contribution in [2.75, 3.05) is 0 Å². The van der Waals surface area contributed by atoms with Crippen LogP contribution >= 0.6 is 15.9 Å². The highest BCUT2D eigenvalue weighted by atomic mass is 79.9. The minimum atomic E-state index is -0.542. The lowest BCUT2D eigenvalue weighted by Crippen LogP contribution is -2.24. The van der Waals surface area contributed by atoms with Crippen LogP contribution in [0.2, 0.25) is 0 Å². The quantitative estimate of drug-likeness (QED) is 0.191. The second-order valence-electron chi connectivity index (χ2n) is 9.44. The van der Waals surface area contributed by atoms with Gasteiger partial charge in [-0.2, -0.15) is 0 Å². The number of halogens is 1. The van der Waals surface area contributed by atoms with Gasteiger partial charge in [-0.15, -0.1) is 0 Å². The van der Waals surface area contributed by atoms with Gasteiger partial charge in [0.2, 0.25) is 0 Å². The molecule has 2 aromatic heterocycles. The molecule has 0 radical (unpaired) electrons. The summed E-state index contributed by atoms with van der Waals surface area (Å²) in [7, 11) is 0. The first-order valence-electron chi connectivity index (χ1n) is 11.7. The van der Waals surface area contributed by atoms with Crippen LogP contribution in [0.1, 0.15) is 62.3 Å². The number of hydrogen-bond donors (Lipinski definition) is 0.